The van der Waals surface area contributed by atoms with Crippen LogP contribution < -0.4 is 16.0 Å². The van der Waals surface area contributed by atoms with E-state index in [9.17, 15) is 18.0 Å². The fourth-order valence-corrected chi connectivity index (χ4v) is 4.44. The summed E-state index contributed by atoms with van der Waals surface area (Å²) in [7, 11) is -2.23. The highest BCUT2D eigenvalue weighted by Crippen LogP contribution is 2.36. The number of hydrogen-bond donors (Lipinski definition) is 1. The Morgan fingerprint density at radius 3 is 2.67 bits per heavy atom. The Labute approximate surface area is 154 Å². The Morgan fingerprint density at radius 2 is 2.04 bits per heavy atom. The minimum Gasteiger partial charge on any atom is -0.451 e. The van der Waals surface area contributed by atoms with Gasteiger partial charge in [-0.25, -0.2) is 22.9 Å². The maximum absolute atomic E-state index is 12.9. The van der Waals surface area contributed by atoms with E-state index < -0.39 is 26.8 Å². The molecule has 0 spiro atoms. The van der Waals surface area contributed by atoms with Crippen molar-refractivity contribution in [1.82, 2.24) is 18.8 Å². The Balaban J connectivity index is 1.87. The van der Waals surface area contributed by atoms with E-state index >= 15 is 0 Å². The monoisotopic (exact) mass is 390 g/mol. The topological polar surface area (TPSA) is 116 Å². The van der Waals surface area contributed by atoms with Crippen LogP contribution in [-0.4, -0.2) is 28.1 Å². The summed E-state index contributed by atoms with van der Waals surface area (Å²) in [5, 5.41) is 0.143. The molecule has 0 atom stereocenters. The van der Waals surface area contributed by atoms with Crippen LogP contribution in [0.1, 0.15) is 25.5 Å². The molecule has 142 valence electrons. The third kappa shape index (κ3) is 3.10. The molecule has 0 saturated heterocycles. The number of nitrogens with one attached hydrogen (secondary N) is 1. The zero-order valence-electron chi connectivity index (χ0n) is 14.8. The molecule has 10 heteroatoms. The summed E-state index contributed by atoms with van der Waals surface area (Å²) in [5.41, 5.74) is -0.746. The second kappa shape index (κ2) is 5.89. The number of hydrogen-bond acceptors (Lipinski definition) is 6. The largest absolute Gasteiger partial charge is 0.451 e. The molecule has 4 rings (SSSR count). The number of aromatic nitrogens is 3. The van der Waals surface area contributed by atoms with E-state index in [0.29, 0.717) is 11.2 Å². The summed E-state index contributed by atoms with van der Waals surface area (Å²) in [6, 6.07) is 4.18. The van der Waals surface area contributed by atoms with Gasteiger partial charge in [-0.15, -0.1) is 0 Å². The molecule has 0 bridgehead atoms. The van der Waals surface area contributed by atoms with Gasteiger partial charge >= 0.3 is 5.69 Å². The van der Waals surface area contributed by atoms with Gasteiger partial charge in [-0.2, -0.15) is 0 Å². The van der Waals surface area contributed by atoms with Crippen molar-refractivity contribution in [3.05, 3.63) is 57.4 Å². The molecule has 1 aliphatic rings. The van der Waals surface area contributed by atoms with Gasteiger partial charge in [-0.05, 0) is 38.0 Å². The molecular formula is C17H18N4O5S. The second-order valence-electron chi connectivity index (χ2n) is 7.06. The van der Waals surface area contributed by atoms with Crippen molar-refractivity contribution >= 4 is 20.9 Å². The van der Waals surface area contributed by atoms with E-state index in [-0.39, 0.29) is 16.8 Å². The lowest BCUT2D eigenvalue weighted by atomic mass is 10.2. The number of aryl methyl sites for hydroxylation is 1. The minimum absolute atomic E-state index is 0.00754. The molecule has 0 unspecified atom stereocenters. The Kier molecular flexibility index (Phi) is 3.86. The lowest BCUT2D eigenvalue weighted by molar-refractivity contribution is 0.554. The Hall–Kier alpha value is -2.72. The maximum Gasteiger partial charge on any atom is 0.331 e. The van der Waals surface area contributed by atoms with Crippen LogP contribution in [0, 0.1) is 0 Å². The highest BCUT2D eigenvalue weighted by atomic mass is 32.2. The van der Waals surface area contributed by atoms with E-state index in [0.717, 1.165) is 17.4 Å². The van der Waals surface area contributed by atoms with E-state index in [2.05, 4.69) is 9.71 Å². The fourth-order valence-electron chi connectivity index (χ4n) is 2.95. The van der Waals surface area contributed by atoms with Gasteiger partial charge in [0.05, 0.1) is 28.0 Å². The van der Waals surface area contributed by atoms with E-state index in [1.807, 2.05) is 6.92 Å². The standard InChI is InChI=1S/C17H18N4O5S/c1-17(5-6-17)19-27(24,25)12-3-4-14-13(7-12)15(22)21(16(23)20(14)2)8-11-9-26-10-18-11/h3-4,7,9-10,19H,5-6,8H2,1-2H3. The van der Waals surface area contributed by atoms with Gasteiger partial charge in [0.15, 0.2) is 6.39 Å². The summed E-state index contributed by atoms with van der Waals surface area (Å²) in [5.74, 6) is 0. The average Bonchev–Trinajstić information content (AvgIpc) is 3.12. The van der Waals surface area contributed by atoms with Gasteiger partial charge in [0, 0.05) is 12.6 Å². The number of nitrogens with zero attached hydrogens (tertiary/aromatic N) is 3. The number of sulfonamides is 1. The molecule has 1 saturated carbocycles. The normalized spacial score (nSPS) is 15.9. The van der Waals surface area contributed by atoms with Gasteiger partial charge in [-0.3, -0.25) is 13.9 Å². The van der Waals surface area contributed by atoms with Crippen molar-refractivity contribution in [1.29, 1.82) is 0 Å². The average molecular weight is 390 g/mol. The predicted octanol–water partition coefficient (Wildman–Crippen LogP) is 0.567. The van der Waals surface area contributed by atoms with Crippen molar-refractivity contribution in [2.24, 2.45) is 7.05 Å². The van der Waals surface area contributed by atoms with Crippen molar-refractivity contribution in [3.8, 4) is 0 Å². The zero-order chi connectivity index (χ0) is 19.4. The summed E-state index contributed by atoms with van der Waals surface area (Å²) in [4.78, 5) is 29.3. The minimum atomic E-state index is -3.76. The predicted molar refractivity (Wildman–Crippen MR) is 97.0 cm³/mol. The second-order valence-corrected chi connectivity index (χ2v) is 8.74. The molecule has 27 heavy (non-hydrogen) atoms. The Morgan fingerprint density at radius 1 is 1.30 bits per heavy atom. The first-order chi connectivity index (χ1) is 12.7. The first-order valence-corrected chi connectivity index (χ1v) is 9.83. The Bertz CT molecular complexity index is 1250. The van der Waals surface area contributed by atoms with E-state index in [1.54, 1.807) is 0 Å². The van der Waals surface area contributed by atoms with Crippen molar-refractivity contribution in [2.45, 2.75) is 36.7 Å². The molecule has 1 N–H and O–H groups in total. The van der Waals surface area contributed by atoms with Crippen LogP contribution in [0.25, 0.3) is 10.9 Å². The van der Waals surface area contributed by atoms with Crippen molar-refractivity contribution in [2.75, 3.05) is 0 Å². The molecule has 3 aromatic rings. The summed E-state index contributed by atoms with van der Waals surface area (Å²) < 4.78 is 35.1. The first-order valence-electron chi connectivity index (χ1n) is 8.35. The van der Waals surface area contributed by atoms with Crippen LogP contribution in [0.5, 0.6) is 0 Å². The molecule has 2 aromatic heterocycles. The third-order valence-electron chi connectivity index (χ3n) is 4.82. The lowest BCUT2D eigenvalue weighted by Gasteiger charge is -2.14. The highest BCUT2D eigenvalue weighted by Gasteiger charge is 2.41. The van der Waals surface area contributed by atoms with Crippen LogP contribution >= 0.6 is 0 Å². The quantitative estimate of drug-likeness (QED) is 0.681. The van der Waals surface area contributed by atoms with E-state index in [1.165, 1.54) is 42.5 Å². The van der Waals surface area contributed by atoms with Crippen LogP contribution in [0.4, 0.5) is 0 Å². The molecule has 1 aliphatic carbocycles. The number of fused-ring (bicyclic) bond motifs is 1. The SMILES string of the molecule is Cn1c(=O)n(Cc2cocn2)c(=O)c2cc(S(=O)(=O)NC3(C)CC3)ccc21. The molecule has 1 aromatic carbocycles. The molecule has 2 heterocycles. The molecule has 0 radical (unpaired) electrons. The maximum atomic E-state index is 12.9. The number of rotatable bonds is 5. The fraction of sp³-hybridized carbons (Fsp3) is 0.353. The summed E-state index contributed by atoms with van der Waals surface area (Å²) in [6.07, 6.45) is 4.11. The van der Waals surface area contributed by atoms with Crippen molar-refractivity contribution in [3.63, 3.8) is 0 Å². The first kappa shape index (κ1) is 17.7. The van der Waals surface area contributed by atoms with Gasteiger partial charge in [0.1, 0.15) is 6.26 Å². The summed E-state index contributed by atoms with van der Waals surface area (Å²) in [6.45, 7) is 1.77. The van der Waals surface area contributed by atoms with Gasteiger partial charge in [-0.1, -0.05) is 0 Å². The molecule has 0 aliphatic heterocycles. The van der Waals surface area contributed by atoms with Gasteiger partial charge < -0.3 is 4.42 Å². The third-order valence-corrected chi connectivity index (χ3v) is 6.45. The molecule has 9 nitrogen and oxygen atoms in total. The summed E-state index contributed by atoms with van der Waals surface area (Å²) >= 11 is 0. The molecule has 1 fully saturated rings. The van der Waals surface area contributed by atoms with Crippen LogP contribution in [0.2, 0.25) is 0 Å². The van der Waals surface area contributed by atoms with Crippen LogP contribution in [0.15, 0.2) is 49.8 Å². The van der Waals surface area contributed by atoms with Gasteiger partial charge in [0.2, 0.25) is 10.0 Å². The van der Waals surface area contributed by atoms with E-state index in [4.69, 9.17) is 4.42 Å². The van der Waals surface area contributed by atoms with Crippen LogP contribution in [-0.2, 0) is 23.6 Å². The van der Waals surface area contributed by atoms with Crippen LogP contribution in [0.3, 0.4) is 0 Å². The number of benzene rings is 1. The van der Waals surface area contributed by atoms with Crippen molar-refractivity contribution < 1.29 is 12.8 Å². The molecule has 0 amide bonds. The zero-order valence-corrected chi connectivity index (χ0v) is 15.6. The number of oxazole rings is 1. The smallest absolute Gasteiger partial charge is 0.331 e. The van der Waals surface area contributed by atoms with Gasteiger partial charge in [0.25, 0.3) is 5.56 Å². The lowest BCUT2D eigenvalue weighted by Crippen LogP contribution is -2.39. The highest BCUT2D eigenvalue weighted by molar-refractivity contribution is 7.89. The molecular weight excluding hydrogens is 372 g/mol.